The maximum Gasteiger partial charge on any atom is 0.407 e. The van der Waals surface area contributed by atoms with Gasteiger partial charge in [-0.05, 0) is 31.6 Å². The van der Waals surface area contributed by atoms with Crippen LogP contribution in [0.3, 0.4) is 0 Å². The van der Waals surface area contributed by atoms with E-state index in [4.69, 9.17) is 9.62 Å². The number of amides is 2. The average molecular weight is 326 g/mol. The first-order valence-electron chi connectivity index (χ1n) is 8.19. The van der Waals surface area contributed by atoms with Gasteiger partial charge in [-0.1, -0.05) is 12.2 Å². The molecule has 2 rings (SSSR count). The summed E-state index contributed by atoms with van der Waals surface area (Å²) in [6.45, 7) is 3.55. The fourth-order valence-corrected chi connectivity index (χ4v) is 3.48. The third kappa shape index (κ3) is 4.68. The number of ether oxygens (including phenoxy) is 1. The van der Waals surface area contributed by atoms with Gasteiger partial charge < -0.3 is 15.4 Å². The summed E-state index contributed by atoms with van der Waals surface area (Å²) in [6.07, 6.45) is 5.58. The van der Waals surface area contributed by atoms with Crippen LogP contribution >= 0.6 is 0 Å². The normalized spacial score (nSPS) is 27.9. The summed E-state index contributed by atoms with van der Waals surface area (Å²) in [5.41, 5.74) is 0. The van der Waals surface area contributed by atoms with Crippen LogP contribution in [0.1, 0.15) is 19.8 Å². The Morgan fingerprint density at radius 2 is 1.91 bits per heavy atom. The minimum absolute atomic E-state index is 0.0573. The van der Waals surface area contributed by atoms with E-state index < -0.39 is 6.09 Å². The molecular formula is C16H26N2O5. The van der Waals surface area contributed by atoms with Gasteiger partial charge in [-0.25, -0.2) is 14.6 Å². The Kier molecular flexibility index (Phi) is 6.85. The molecule has 2 N–H and O–H groups in total. The molecule has 4 atom stereocenters. The highest BCUT2D eigenvalue weighted by atomic mass is 17.2. The number of alkyl carbamates (subject to hydrolysis) is 1. The summed E-state index contributed by atoms with van der Waals surface area (Å²) < 4.78 is 4.77. The molecule has 7 heteroatoms. The molecule has 7 nitrogen and oxygen atoms in total. The molecule has 2 amide bonds. The van der Waals surface area contributed by atoms with Crippen LogP contribution in [-0.4, -0.2) is 45.4 Å². The Labute approximate surface area is 136 Å². The number of rotatable bonds is 9. The molecule has 0 saturated heterocycles. The number of carbonyl (C=O) groups is 2. The Hall–Kier alpha value is -1.60. The molecule has 0 heterocycles. The second-order valence-corrected chi connectivity index (χ2v) is 5.88. The smallest absolute Gasteiger partial charge is 0.407 e. The third-order valence-electron chi connectivity index (χ3n) is 4.50. The van der Waals surface area contributed by atoms with Crippen molar-refractivity contribution in [1.29, 1.82) is 0 Å². The lowest BCUT2D eigenvalue weighted by Crippen LogP contribution is -2.40. The number of allylic oxidation sites excluding steroid dienone is 2. The van der Waals surface area contributed by atoms with E-state index in [9.17, 15) is 9.59 Å². The van der Waals surface area contributed by atoms with Crippen molar-refractivity contribution in [3.05, 3.63) is 12.2 Å². The van der Waals surface area contributed by atoms with E-state index >= 15 is 0 Å². The van der Waals surface area contributed by atoms with Gasteiger partial charge in [-0.15, -0.1) is 0 Å². The summed E-state index contributed by atoms with van der Waals surface area (Å²) in [5.74, 6) is 0.864. The summed E-state index contributed by atoms with van der Waals surface area (Å²) >= 11 is 0. The first kappa shape index (κ1) is 17.7. The SMILES string of the molecule is CCOC(=O)NCCCNC(=O)C1C2C=CC(C2)C1COOC. The van der Waals surface area contributed by atoms with Gasteiger partial charge in [-0.3, -0.25) is 4.79 Å². The van der Waals surface area contributed by atoms with E-state index in [1.807, 2.05) is 0 Å². The molecule has 2 aliphatic rings. The van der Waals surface area contributed by atoms with Crippen LogP contribution in [0.5, 0.6) is 0 Å². The number of carbonyl (C=O) groups excluding carboxylic acids is 2. The van der Waals surface area contributed by atoms with Crippen LogP contribution in [-0.2, 0) is 19.3 Å². The monoisotopic (exact) mass is 326 g/mol. The van der Waals surface area contributed by atoms with Crippen molar-refractivity contribution in [2.75, 3.05) is 33.4 Å². The molecule has 2 bridgehead atoms. The predicted molar refractivity (Wildman–Crippen MR) is 83.3 cm³/mol. The standard InChI is InChI=1S/C16H26N2O5/c1-3-22-16(20)18-8-4-7-17-15(19)14-12-6-5-11(9-12)13(14)10-23-21-2/h5-6,11-14H,3-4,7-10H2,1-2H3,(H,17,19)(H,18,20). The molecule has 130 valence electrons. The van der Waals surface area contributed by atoms with Crippen molar-refractivity contribution >= 4 is 12.0 Å². The number of hydrogen-bond donors (Lipinski definition) is 2. The van der Waals surface area contributed by atoms with Gasteiger partial charge in [0.1, 0.15) is 0 Å². The van der Waals surface area contributed by atoms with E-state index in [0.717, 1.165) is 6.42 Å². The lowest BCUT2D eigenvalue weighted by Gasteiger charge is -2.26. The van der Waals surface area contributed by atoms with Crippen LogP contribution in [0.25, 0.3) is 0 Å². The molecule has 4 unspecified atom stereocenters. The summed E-state index contributed by atoms with van der Waals surface area (Å²) in [7, 11) is 1.48. The number of nitrogens with one attached hydrogen (secondary N) is 2. The molecule has 23 heavy (non-hydrogen) atoms. The Bertz CT molecular complexity index is 440. The second kappa shape index (κ2) is 8.88. The first-order valence-corrected chi connectivity index (χ1v) is 8.19. The van der Waals surface area contributed by atoms with Crippen molar-refractivity contribution in [2.24, 2.45) is 23.7 Å². The van der Waals surface area contributed by atoms with Gasteiger partial charge >= 0.3 is 6.09 Å². The van der Waals surface area contributed by atoms with Gasteiger partial charge in [0.05, 0.1) is 20.3 Å². The van der Waals surface area contributed by atoms with Crippen molar-refractivity contribution in [3.8, 4) is 0 Å². The van der Waals surface area contributed by atoms with Crippen LogP contribution in [0, 0.1) is 23.7 Å². The van der Waals surface area contributed by atoms with Gasteiger partial charge in [0.25, 0.3) is 0 Å². The minimum atomic E-state index is -0.422. The fraction of sp³-hybridized carbons (Fsp3) is 0.750. The first-order chi connectivity index (χ1) is 11.2. The Balaban J connectivity index is 1.70. The lowest BCUT2D eigenvalue weighted by molar-refractivity contribution is -0.282. The molecule has 0 radical (unpaired) electrons. The zero-order chi connectivity index (χ0) is 16.7. The van der Waals surface area contributed by atoms with E-state index in [0.29, 0.717) is 44.6 Å². The molecule has 1 saturated carbocycles. The zero-order valence-electron chi connectivity index (χ0n) is 13.7. The quantitative estimate of drug-likeness (QED) is 0.288. The number of hydrogen-bond acceptors (Lipinski definition) is 5. The predicted octanol–water partition coefficient (Wildman–Crippen LogP) is 1.26. The zero-order valence-corrected chi connectivity index (χ0v) is 13.7. The van der Waals surface area contributed by atoms with Crippen molar-refractivity contribution in [2.45, 2.75) is 19.8 Å². The summed E-state index contributed by atoms with van der Waals surface area (Å²) in [6, 6.07) is 0. The molecule has 2 aliphatic carbocycles. The van der Waals surface area contributed by atoms with Crippen molar-refractivity contribution < 1.29 is 24.1 Å². The largest absolute Gasteiger partial charge is 0.450 e. The highest BCUT2D eigenvalue weighted by Gasteiger charge is 2.48. The van der Waals surface area contributed by atoms with Crippen LogP contribution in [0.15, 0.2) is 12.2 Å². The third-order valence-corrected chi connectivity index (χ3v) is 4.50. The molecule has 0 aromatic rings. The Morgan fingerprint density at radius 3 is 2.65 bits per heavy atom. The highest BCUT2D eigenvalue weighted by Crippen LogP contribution is 2.48. The molecular weight excluding hydrogens is 300 g/mol. The van der Waals surface area contributed by atoms with Crippen molar-refractivity contribution in [1.82, 2.24) is 10.6 Å². The van der Waals surface area contributed by atoms with Gasteiger partial charge in [0.2, 0.25) is 5.91 Å². The van der Waals surface area contributed by atoms with Crippen molar-refractivity contribution in [3.63, 3.8) is 0 Å². The molecule has 0 aromatic heterocycles. The topological polar surface area (TPSA) is 85.9 Å². The van der Waals surface area contributed by atoms with E-state index in [-0.39, 0.29) is 17.7 Å². The average Bonchev–Trinajstić information content (AvgIpc) is 3.13. The van der Waals surface area contributed by atoms with E-state index in [2.05, 4.69) is 27.7 Å². The fourth-order valence-electron chi connectivity index (χ4n) is 3.48. The highest BCUT2D eigenvalue weighted by molar-refractivity contribution is 5.80. The molecule has 0 spiro atoms. The molecule has 1 fully saturated rings. The van der Waals surface area contributed by atoms with E-state index in [1.54, 1.807) is 6.92 Å². The van der Waals surface area contributed by atoms with Gasteiger partial charge in [-0.2, -0.15) is 0 Å². The molecule has 0 aliphatic heterocycles. The summed E-state index contributed by atoms with van der Waals surface area (Å²) in [4.78, 5) is 33.3. The maximum atomic E-state index is 12.5. The minimum Gasteiger partial charge on any atom is -0.450 e. The number of fused-ring (bicyclic) bond motifs is 2. The van der Waals surface area contributed by atoms with Crippen LogP contribution in [0.2, 0.25) is 0 Å². The summed E-state index contributed by atoms with van der Waals surface area (Å²) in [5, 5.41) is 5.59. The van der Waals surface area contributed by atoms with Gasteiger partial charge in [0.15, 0.2) is 0 Å². The maximum absolute atomic E-state index is 12.5. The second-order valence-electron chi connectivity index (χ2n) is 5.88. The van der Waals surface area contributed by atoms with E-state index in [1.165, 1.54) is 7.11 Å². The molecule has 0 aromatic carbocycles. The van der Waals surface area contributed by atoms with Crippen LogP contribution in [0.4, 0.5) is 4.79 Å². The Morgan fingerprint density at radius 1 is 1.17 bits per heavy atom. The lowest BCUT2D eigenvalue weighted by atomic mass is 9.83. The van der Waals surface area contributed by atoms with Crippen LogP contribution < -0.4 is 10.6 Å². The van der Waals surface area contributed by atoms with Gasteiger partial charge in [0, 0.05) is 24.9 Å².